The number of rotatable bonds is 8. The average Bonchev–Trinajstić information content (AvgIpc) is 2.72. The fraction of sp³-hybridized carbons (Fsp3) is 0.429. The van der Waals surface area contributed by atoms with Crippen molar-refractivity contribution in [2.45, 2.75) is 31.9 Å². The van der Waals surface area contributed by atoms with E-state index in [2.05, 4.69) is 14.8 Å². The van der Waals surface area contributed by atoms with E-state index in [1.165, 1.54) is 12.1 Å². The molecule has 1 aromatic heterocycles. The summed E-state index contributed by atoms with van der Waals surface area (Å²) in [6.07, 6.45) is 4.46. The molecule has 2 heterocycles. The Hall–Kier alpha value is -2.64. The maximum atomic E-state index is 11.1. The number of carbonyl (C=O) groups is 1. The number of unbranched alkanes of at least 4 members (excludes halogenated alkanes) is 1. The highest BCUT2D eigenvalue weighted by atomic mass is 16.4. The van der Waals surface area contributed by atoms with Crippen molar-refractivity contribution >= 4 is 11.8 Å². The number of carboxylic acids is 1. The van der Waals surface area contributed by atoms with Crippen molar-refractivity contribution < 1.29 is 20.1 Å². The number of benzene rings is 1. The van der Waals surface area contributed by atoms with Crippen LogP contribution in [0.25, 0.3) is 0 Å². The number of aromatic carboxylic acids is 1. The number of aliphatic hydroxyl groups excluding tert-OH is 1. The Labute approximate surface area is 164 Å². The van der Waals surface area contributed by atoms with Crippen LogP contribution in [0.5, 0.6) is 5.75 Å². The Morgan fingerprint density at radius 3 is 2.57 bits per heavy atom. The molecule has 0 amide bonds. The second kappa shape index (κ2) is 9.52. The molecule has 3 N–H and O–H groups in total. The van der Waals surface area contributed by atoms with Gasteiger partial charge < -0.3 is 20.2 Å². The zero-order valence-corrected chi connectivity index (χ0v) is 15.9. The van der Waals surface area contributed by atoms with Gasteiger partial charge in [-0.05, 0) is 55.5 Å². The van der Waals surface area contributed by atoms with Crippen molar-refractivity contribution in [3.8, 4) is 5.75 Å². The first-order valence-electron chi connectivity index (χ1n) is 9.68. The molecule has 3 rings (SSSR count). The maximum Gasteiger partial charge on any atom is 0.339 e. The van der Waals surface area contributed by atoms with Crippen LogP contribution < -0.4 is 4.90 Å². The number of aromatic hydroxyl groups is 1. The lowest BCUT2D eigenvalue weighted by Gasteiger charge is -2.37. The lowest BCUT2D eigenvalue weighted by atomic mass is 10.0. The van der Waals surface area contributed by atoms with Gasteiger partial charge in [0.05, 0.1) is 0 Å². The molecule has 1 aliphatic heterocycles. The van der Waals surface area contributed by atoms with E-state index in [1.54, 1.807) is 12.3 Å². The largest absolute Gasteiger partial charge is 0.507 e. The van der Waals surface area contributed by atoms with Crippen LogP contribution in [0.2, 0.25) is 0 Å². The fourth-order valence-electron chi connectivity index (χ4n) is 3.54. The molecule has 0 saturated carbocycles. The Morgan fingerprint density at radius 2 is 1.89 bits per heavy atom. The first-order chi connectivity index (χ1) is 13.5. The number of aryl methyl sites for hydroxylation is 1. The van der Waals surface area contributed by atoms with Crippen LogP contribution in [-0.2, 0) is 6.42 Å². The van der Waals surface area contributed by atoms with Crippen molar-refractivity contribution in [1.29, 1.82) is 0 Å². The van der Waals surface area contributed by atoms with E-state index >= 15 is 0 Å². The number of anilines is 1. The predicted molar refractivity (Wildman–Crippen MR) is 107 cm³/mol. The van der Waals surface area contributed by atoms with Gasteiger partial charge in [0.2, 0.25) is 0 Å². The van der Waals surface area contributed by atoms with Crippen LogP contribution in [0.15, 0.2) is 42.6 Å². The number of phenols is 1. The minimum Gasteiger partial charge on any atom is -0.507 e. The highest BCUT2D eigenvalue weighted by molar-refractivity contribution is 5.90. The van der Waals surface area contributed by atoms with Crippen LogP contribution >= 0.6 is 0 Å². The third-order valence-electron chi connectivity index (χ3n) is 5.18. The van der Waals surface area contributed by atoms with Gasteiger partial charge in [-0.3, -0.25) is 4.90 Å². The second-order valence-electron chi connectivity index (χ2n) is 7.09. The van der Waals surface area contributed by atoms with E-state index in [1.807, 2.05) is 18.2 Å². The lowest BCUT2D eigenvalue weighted by Crippen LogP contribution is -2.50. The first kappa shape index (κ1) is 20.1. The van der Waals surface area contributed by atoms with Gasteiger partial charge >= 0.3 is 5.97 Å². The molecule has 0 aliphatic carbocycles. The van der Waals surface area contributed by atoms with Crippen LogP contribution in [0.3, 0.4) is 0 Å². The summed E-state index contributed by atoms with van der Waals surface area (Å²) < 4.78 is 0. The minimum atomic E-state index is -1.13. The summed E-state index contributed by atoms with van der Waals surface area (Å²) in [4.78, 5) is 19.8. The number of hydrogen-bond acceptors (Lipinski definition) is 6. The molecule has 1 saturated heterocycles. The third kappa shape index (κ3) is 5.21. The monoisotopic (exact) mass is 385 g/mol. The molecular weight excluding hydrogens is 358 g/mol. The quantitative estimate of drug-likeness (QED) is 0.600. The van der Waals surface area contributed by atoms with E-state index in [0.717, 1.165) is 56.8 Å². The van der Waals surface area contributed by atoms with E-state index in [9.17, 15) is 15.0 Å². The number of carboxylic acid groups (broad SMARTS) is 1. The highest BCUT2D eigenvalue weighted by Gasteiger charge is 2.22. The van der Waals surface area contributed by atoms with Gasteiger partial charge in [0.25, 0.3) is 0 Å². The summed E-state index contributed by atoms with van der Waals surface area (Å²) in [6.45, 7) is 3.30. The first-order valence-corrected chi connectivity index (χ1v) is 9.68. The molecule has 1 aromatic carbocycles. The molecule has 7 nitrogen and oxygen atoms in total. The molecule has 2 aromatic rings. The van der Waals surface area contributed by atoms with Crippen LogP contribution in [-0.4, -0.2) is 63.6 Å². The summed E-state index contributed by atoms with van der Waals surface area (Å²) in [5.74, 6) is -0.359. The van der Waals surface area contributed by atoms with Gasteiger partial charge in [0, 0.05) is 32.4 Å². The molecule has 1 aliphatic rings. The SMILES string of the molecule is O=C(O)c1cc(CCCCC(O)N2CCN(c3ccccn3)CC2)ccc1O. The van der Waals surface area contributed by atoms with E-state index in [0.29, 0.717) is 6.42 Å². The average molecular weight is 385 g/mol. The number of pyridine rings is 1. The molecule has 1 unspecified atom stereocenters. The number of aromatic nitrogens is 1. The second-order valence-corrected chi connectivity index (χ2v) is 7.09. The van der Waals surface area contributed by atoms with Gasteiger partial charge in [0.1, 0.15) is 23.4 Å². The Morgan fingerprint density at radius 1 is 1.11 bits per heavy atom. The van der Waals surface area contributed by atoms with Gasteiger partial charge in [-0.25, -0.2) is 9.78 Å². The van der Waals surface area contributed by atoms with Gasteiger partial charge in [-0.15, -0.1) is 0 Å². The topological polar surface area (TPSA) is 97.1 Å². The molecule has 1 fully saturated rings. The van der Waals surface area contributed by atoms with Crippen LogP contribution in [0.4, 0.5) is 5.82 Å². The smallest absolute Gasteiger partial charge is 0.339 e. The molecule has 7 heteroatoms. The maximum absolute atomic E-state index is 11.1. The number of hydrogen-bond donors (Lipinski definition) is 3. The lowest BCUT2D eigenvalue weighted by molar-refractivity contribution is -0.00709. The predicted octanol–water partition coefficient (Wildman–Crippen LogP) is 2.34. The Balaban J connectivity index is 1.39. The molecular formula is C21H27N3O4. The summed E-state index contributed by atoms with van der Waals surface area (Å²) in [7, 11) is 0. The zero-order chi connectivity index (χ0) is 19.9. The van der Waals surface area contributed by atoms with Crippen molar-refractivity contribution in [3.05, 3.63) is 53.7 Å². The molecule has 0 radical (unpaired) electrons. The summed E-state index contributed by atoms with van der Waals surface area (Å²) >= 11 is 0. The standard InChI is InChI=1S/C21H27N3O4/c25-18-9-8-16(15-17(18)21(27)28)5-1-2-7-20(26)24-13-11-23(12-14-24)19-6-3-4-10-22-19/h3-4,6,8-10,15,20,25-26H,1-2,5,7,11-14H2,(H,27,28). The molecule has 0 spiro atoms. The van der Waals surface area contributed by atoms with Gasteiger partial charge in [-0.2, -0.15) is 0 Å². The fourth-order valence-corrected chi connectivity index (χ4v) is 3.54. The number of piperazine rings is 1. The summed E-state index contributed by atoms with van der Waals surface area (Å²) in [5.41, 5.74) is 0.817. The number of aliphatic hydroxyl groups is 1. The highest BCUT2D eigenvalue weighted by Crippen LogP contribution is 2.20. The Kier molecular flexibility index (Phi) is 6.84. The summed E-state index contributed by atoms with van der Waals surface area (Å²) in [5, 5.41) is 29.1. The van der Waals surface area contributed by atoms with E-state index in [-0.39, 0.29) is 11.3 Å². The molecule has 1 atom stereocenters. The summed E-state index contributed by atoms with van der Waals surface area (Å²) in [6, 6.07) is 10.6. The van der Waals surface area contributed by atoms with Crippen molar-refractivity contribution in [2.75, 3.05) is 31.1 Å². The van der Waals surface area contributed by atoms with Crippen LogP contribution in [0.1, 0.15) is 35.2 Å². The van der Waals surface area contributed by atoms with E-state index < -0.39 is 12.2 Å². The van der Waals surface area contributed by atoms with Crippen molar-refractivity contribution in [3.63, 3.8) is 0 Å². The van der Waals surface area contributed by atoms with Crippen molar-refractivity contribution in [1.82, 2.24) is 9.88 Å². The Bertz CT molecular complexity index is 776. The molecule has 150 valence electrons. The van der Waals surface area contributed by atoms with E-state index in [4.69, 9.17) is 5.11 Å². The molecule has 28 heavy (non-hydrogen) atoms. The molecule has 0 bridgehead atoms. The minimum absolute atomic E-state index is 0.0664. The normalized spacial score (nSPS) is 16.1. The van der Waals surface area contributed by atoms with Gasteiger partial charge in [0.15, 0.2) is 0 Å². The van der Waals surface area contributed by atoms with Crippen LogP contribution in [0, 0.1) is 0 Å². The van der Waals surface area contributed by atoms with Crippen molar-refractivity contribution in [2.24, 2.45) is 0 Å². The number of nitrogens with zero attached hydrogens (tertiary/aromatic N) is 3. The zero-order valence-electron chi connectivity index (χ0n) is 15.9. The third-order valence-corrected chi connectivity index (χ3v) is 5.18. The van der Waals surface area contributed by atoms with Gasteiger partial charge in [-0.1, -0.05) is 12.1 Å².